The van der Waals surface area contributed by atoms with Crippen LogP contribution in [0.25, 0.3) is 0 Å². The van der Waals surface area contributed by atoms with Crippen molar-refractivity contribution in [1.82, 2.24) is 9.78 Å². The second-order valence-electron chi connectivity index (χ2n) is 4.59. The molecule has 1 aromatic carbocycles. The van der Waals surface area contributed by atoms with Crippen LogP contribution in [0.3, 0.4) is 0 Å². The molecule has 0 amide bonds. The third-order valence-corrected chi connectivity index (χ3v) is 2.98. The molecule has 0 bridgehead atoms. The number of anilines is 1. The van der Waals surface area contributed by atoms with E-state index in [1.807, 2.05) is 24.9 Å². The average molecular weight is 229 g/mol. The molecule has 0 aliphatic rings. The number of aromatic nitrogens is 2. The highest BCUT2D eigenvalue weighted by atomic mass is 15.3. The lowest BCUT2D eigenvalue weighted by Crippen LogP contribution is -2.01. The standard InChI is InChI=1S/C14H19N3/c1-10-5-6-13(11(2)7-10)8-15-14-9-17(4)16-12(14)3/h5-7,9,15H,8H2,1-4H3. The fourth-order valence-electron chi connectivity index (χ4n) is 2.01. The van der Waals surface area contributed by atoms with E-state index in [0.29, 0.717) is 0 Å². The summed E-state index contributed by atoms with van der Waals surface area (Å²) < 4.78 is 1.83. The summed E-state index contributed by atoms with van der Waals surface area (Å²) in [6.07, 6.45) is 2.01. The van der Waals surface area contributed by atoms with Gasteiger partial charge in [-0.1, -0.05) is 23.8 Å². The van der Waals surface area contributed by atoms with E-state index in [2.05, 4.69) is 42.5 Å². The first-order valence-electron chi connectivity index (χ1n) is 5.86. The summed E-state index contributed by atoms with van der Waals surface area (Å²) in [6, 6.07) is 6.55. The Labute approximate surface area is 102 Å². The Kier molecular flexibility index (Phi) is 3.18. The van der Waals surface area contributed by atoms with Gasteiger partial charge in [0, 0.05) is 19.8 Å². The summed E-state index contributed by atoms with van der Waals surface area (Å²) >= 11 is 0. The van der Waals surface area contributed by atoms with Crippen molar-refractivity contribution in [2.75, 3.05) is 5.32 Å². The fourth-order valence-corrected chi connectivity index (χ4v) is 2.01. The van der Waals surface area contributed by atoms with Crippen molar-refractivity contribution in [2.24, 2.45) is 7.05 Å². The van der Waals surface area contributed by atoms with E-state index in [4.69, 9.17) is 0 Å². The van der Waals surface area contributed by atoms with Crippen LogP contribution < -0.4 is 5.32 Å². The molecule has 1 N–H and O–H groups in total. The molecule has 0 fully saturated rings. The molecule has 0 atom stereocenters. The van der Waals surface area contributed by atoms with Gasteiger partial charge in [0.2, 0.25) is 0 Å². The van der Waals surface area contributed by atoms with E-state index in [1.54, 1.807) is 0 Å². The second-order valence-corrected chi connectivity index (χ2v) is 4.59. The van der Waals surface area contributed by atoms with Crippen LogP contribution in [0.15, 0.2) is 24.4 Å². The van der Waals surface area contributed by atoms with Crippen LogP contribution in [0.4, 0.5) is 5.69 Å². The molecular formula is C14H19N3. The van der Waals surface area contributed by atoms with Crippen molar-refractivity contribution in [3.05, 3.63) is 46.8 Å². The van der Waals surface area contributed by atoms with Crippen molar-refractivity contribution in [3.63, 3.8) is 0 Å². The first-order valence-corrected chi connectivity index (χ1v) is 5.86. The van der Waals surface area contributed by atoms with E-state index in [-0.39, 0.29) is 0 Å². The third-order valence-electron chi connectivity index (χ3n) is 2.98. The highest BCUT2D eigenvalue weighted by Gasteiger charge is 2.03. The number of hydrogen-bond donors (Lipinski definition) is 1. The highest BCUT2D eigenvalue weighted by molar-refractivity contribution is 5.46. The van der Waals surface area contributed by atoms with Gasteiger partial charge < -0.3 is 5.32 Å². The van der Waals surface area contributed by atoms with Gasteiger partial charge in [0.15, 0.2) is 0 Å². The SMILES string of the molecule is Cc1ccc(CNc2cn(C)nc2C)c(C)c1. The van der Waals surface area contributed by atoms with E-state index in [0.717, 1.165) is 17.9 Å². The Hall–Kier alpha value is -1.77. The van der Waals surface area contributed by atoms with Crippen LogP contribution in [0.5, 0.6) is 0 Å². The minimum absolute atomic E-state index is 0.846. The van der Waals surface area contributed by atoms with Crippen LogP contribution in [0.1, 0.15) is 22.4 Å². The number of nitrogens with zero attached hydrogens (tertiary/aromatic N) is 2. The predicted molar refractivity (Wildman–Crippen MR) is 71.2 cm³/mol. The van der Waals surface area contributed by atoms with Gasteiger partial charge in [-0.2, -0.15) is 5.10 Å². The maximum absolute atomic E-state index is 4.31. The Morgan fingerprint density at radius 2 is 2.00 bits per heavy atom. The van der Waals surface area contributed by atoms with Gasteiger partial charge in [0.05, 0.1) is 11.4 Å². The number of benzene rings is 1. The topological polar surface area (TPSA) is 29.9 Å². The number of aryl methyl sites for hydroxylation is 4. The van der Waals surface area contributed by atoms with Crippen molar-refractivity contribution < 1.29 is 0 Å². The number of hydrogen-bond acceptors (Lipinski definition) is 2. The number of nitrogens with one attached hydrogen (secondary N) is 1. The molecule has 90 valence electrons. The first-order chi connectivity index (χ1) is 8.06. The minimum Gasteiger partial charge on any atom is -0.378 e. The third kappa shape index (κ3) is 2.67. The Bertz CT molecular complexity index is 526. The van der Waals surface area contributed by atoms with Crippen LogP contribution in [-0.4, -0.2) is 9.78 Å². The molecule has 3 nitrogen and oxygen atoms in total. The summed E-state index contributed by atoms with van der Waals surface area (Å²) in [5.74, 6) is 0. The zero-order chi connectivity index (χ0) is 12.4. The molecule has 3 heteroatoms. The molecule has 1 heterocycles. The molecule has 1 aromatic heterocycles. The van der Waals surface area contributed by atoms with Crippen molar-refractivity contribution in [3.8, 4) is 0 Å². The van der Waals surface area contributed by atoms with E-state index in [9.17, 15) is 0 Å². The van der Waals surface area contributed by atoms with Crippen molar-refractivity contribution >= 4 is 5.69 Å². The molecule has 17 heavy (non-hydrogen) atoms. The second kappa shape index (κ2) is 4.62. The average Bonchev–Trinajstić information content (AvgIpc) is 2.56. The Morgan fingerprint density at radius 3 is 2.59 bits per heavy atom. The molecular weight excluding hydrogens is 210 g/mol. The van der Waals surface area contributed by atoms with Crippen LogP contribution >= 0.6 is 0 Å². The van der Waals surface area contributed by atoms with Crippen LogP contribution in [0, 0.1) is 20.8 Å². The van der Waals surface area contributed by atoms with Gasteiger partial charge in [-0.05, 0) is 31.9 Å². The zero-order valence-corrected chi connectivity index (χ0v) is 10.9. The number of rotatable bonds is 3. The lowest BCUT2D eigenvalue weighted by molar-refractivity contribution is 0.756. The minimum atomic E-state index is 0.846. The molecule has 0 spiro atoms. The van der Waals surface area contributed by atoms with E-state index < -0.39 is 0 Å². The Balaban J connectivity index is 2.10. The molecule has 0 radical (unpaired) electrons. The van der Waals surface area contributed by atoms with Crippen molar-refractivity contribution in [2.45, 2.75) is 27.3 Å². The van der Waals surface area contributed by atoms with Gasteiger partial charge in [0.25, 0.3) is 0 Å². The van der Waals surface area contributed by atoms with Gasteiger partial charge in [-0.15, -0.1) is 0 Å². The lowest BCUT2D eigenvalue weighted by Gasteiger charge is -2.08. The van der Waals surface area contributed by atoms with Crippen LogP contribution in [-0.2, 0) is 13.6 Å². The highest BCUT2D eigenvalue weighted by Crippen LogP contribution is 2.15. The molecule has 0 aliphatic heterocycles. The normalized spacial score (nSPS) is 10.6. The molecule has 2 aromatic rings. The van der Waals surface area contributed by atoms with E-state index >= 15 is 0 Å². The summed E-state index contributed by atoms with van der Waals surface area (Å²) in [5.41, 5.74) is 6.12. The smallest absolute Gasteiger partial charge is 0.0825 e. The van der Waals surface area contributed by atoms with Crippen molar-refractivity contribution in [1.29, 1.82) is 0 Å². The van der Waals surface area contributed by atoms with Gasteiger partial charge in [-0.3, -0.25) is 4.68 Å². The molecule has 0 saturated carbocycles. The molecule has 0 unspecified atom stereocenters. The zero-order valence-electron chi connectivity index (χ0n) is 10.9. The predicted octanol–water partition coefficient (Wildman–Crippen LogP) is 2.96. The fraction of sp³-hybridized carbons (Fsp3) is 0.357. The Morgan fingerprint density at radius 1 is 1.24 bits per heavy atom. The summed E-state index contributed by atoms with van der Waals surface area (Å²) in [5, 5.41) is 7.74. The maximum Gasteiger partial charge on any atom is 0.0825 e. The summed E-state index contributed by atoms with van der Waals surface area (Å²) in [4.78, 5) is 0. The monoisotopic (exact) mass is 229 g/mol. The lowest BCUT2D eigenvalue weighted by atomic mass is 10.1. The molecule has 2 rings (SSSR count). The van der Waals surface area contributed by atoms with Crippen LogP contribution in [0.2, 0.25) is 0 Å². The molecule has 0 aliphatic carbocycles. The maximum atomic E-state index is 4.31. The van der Waals surface area contributed by atoms with Gasteiger partial charge in [0.1, 0.15) is 0 Å². The summed E-state index contributed by atoms with van der Waals surface area (Å²) in [6.45, 7) is 7.14. The largest absolute Gasteiger partial charge is 0.378 e. The first kappa shape index (κ1) is 11.7. The van der Waals surface area contributed by atoms with E-state index in [1.165, 1.54) is 16.7 Å². The van der Waals surface area contributed by atoms with Gasteiger partial charge in [-0.25, -0.2) is 0 Å². The summed E-state index contributed by atoms with van der Waals surface area (Å²) in [7, 11) is 1.94. The quantitative estimate of drug-likeness (QED) is 0.877. The van der Waals surface area contributed by atoms with Gasteiger partial charge >= 0.3 is 0 Å². The molecule has 0 saturated heterocycles.